The Morgan fingerprint density at radius 1 is 1.22 bits per heavy atom. The Morgan fingerprint density at radius 2 is 1.89 bits per heavy atom. The Kier molecular flexibility index (Phi) is 5.83. The lowest BCUT2D eigenvalue weighted by Crippen LogP contribution is -2.41. The van der Waals surface area contributed by atoms with Gasteiger partial charge in [-0.25, -0.2) is 0 Å². The summed E-state index contributed by atoms with van der Waals surface area (Å²) in [4.78, 5) is 6.76. The molecule has 2 aromatic rings. The van der Waals surface area contributed by atoms with Gasteiger partial charge in [-0.15, -0.1) is 0 Å². The minimum absolute atomic E-state index is 0.171. The molecule has 1 aromatic heterocycles. The standard InChI is InChI=1S/C21H28N4O2/c1-15-5-7-16(8-6-15)18(25-9-11-26-12-10-25)14-23-19-17(13-22)24-20(27-19)21(2,3)4/h5-8,18,23H,9-12,14H2,1-4H3/t18-/m0/s1. The minimum Gasteiger partial charge on any atom is -0.423 e. The summed E-state index contributed by atoms with van der Waals surface area (Å²) in [5.74, 6) is 1.02. The summed E-state index contributed by atoms with van der Waals surface area (Å²) in [6, 6.07) is 10.9. The van der Waals surface area contributed by atoms with Crippen molar-refractivity contribution in [3.05, 3.63) is 47.0 Å². The van der Waals surface area contributed by atoms with Crippen molar-refractivity contribution in [3.8, 4) is 6.07 Å². The van der Waals surface area contributed by atoms with E-state index in [1.54, 1.807) is 0 Å². The van der Waals surface area contributed by atoms with Gasteiger partial charge in [-0.05, 0) is 12.5 Å². The predicted molar refractivity (Wildman–Crippen MR) is 105 cm³/mol. The van der Waals surface area contributed by atoms with E-state index in [0.29, 0.717) is 24.0 Å². The Bertz CT molecular complexity index is 793. The van der Waals surface area contributed by atoms with Gasteiger partial charge in [0.25, 0.3) is 0 Å². The van der Waals surface area contributed by atoms with Crippen LogP contribution in [0.15, 0.2) is 28.7 Å². The minimum atomic E-state index is -0.244. The zero-order chi connectivity index (χ0) is 19.4. The van der Waals surface area contributed by atoms with Crippen molar-refractivity contribution in [2.45, 2.75) is 39.2 Å². The number of morpholine rings is 1. The van der Waals surface area contributed by atoms with Crippen LogP contribution >= 0.6 is 0 Å². The van der Waals surface area contributed by atoms with Crippen LogP contribution in [0.5, 0.6) is 0 Å². The van der Waals surface area contributed by atoms with Gasteiger partial charge in [0.15, 0.2) is 0 Å². The highest BCUT2D eigenvalue weighted by Crippen LogP contribution is 2.28. The highest BCUT2D eigenvalue weighted by atomic mass is 16.5. The number of hydrogen-bond donors (Lipinski definition) is 1. The lowest BCUT2D eigenvalue weighted by molar-refractivity contribution is 0.0186. The Balaban J connectivity index is 1.81. The summed E-state index contributed by atoms with van der Waals surface area (Å²) in [7, 11) is 0. The van der Waals surface area contributed by atoms with E-state index in [9.17, 15) is 5.26 Å². The van der Waals surface area contributed by atoms with Gasteiger partial charge in [0.2, 0.25) is 17.5 Å². The van der Waals surface area contributed by atoms with Crippen molar-refractivity contribution >= 4 is 5.88 Å². The average molecular weight is 368 g/mol. The Labute approximate surface area is 161 Å². The quantitative estimate of drug-likeness (QED) is 0.868. The van der Waals surface area contributed by atoms with Gasteiger partial charge in [-0.1, -0.05) is 50.6 Å². The molecule has 0 aliphatic carbocycles. The zero-order valence-electron chi connectivity index (χ0n) is 16.6. The van der Waals surface area contributed by atoms with Crippen molar-refractivity contribution in [2.24, 2.45) is 0 Å². The van der Waals surface area contributed by atoms with E-state index in [0.717, 1.165) is 26.3 Å². The van der Waals surface area contributed by atoms with Crippen LogP contribution in [0.3, 0.4) is 0 Å². The monoisotopic (exact) mass is 368 g/mol. The molecular weight excluding hydrogens is 340 g/mol. The molecule has 27 heavy (non-hydrogen) atoms. The fraction of sp³-hybridized carbons (Fsp3) is 0.524. The zero-order valence-corrected chi connectivity index (χ0v) is 16.6. The van der Waals surface area contributed by atoms with Gasteiger partial charge >= 0.3 is 0 Å². The number of nitrogens with one attached hydrogen (secondary N) is 1. The van der Waals surface area contributed by atoms with E-state index < -0.39 is 0 Å². The molecule has 1 atom stereocenters. The van der Waals surface area contributed by atoms with E-state index in [4.69, 9.17) is 9.15 Å². The number of ether oxygens (including phenoxy) is 1. The maximum atomic E-state index is 9.42. The third-order valence-electron chi connectivity index (χ3n) is 4.78. The second-order valence-corrected chi connectivity index (χ2v) is 8.01. The fourth-order valence-corrected chi connectivity index (χ4v) is 3.16. The number of rotatable bonds is 5. The summed E-state index contributed by atoms with van der Waals surface area (Å²) >= 11 is 0. The van der Waals surface area contributed by atoms with Crippen molar-refractivity contribution in [3.63, 3.8) is 0 Å². The number of benzene rings is 1. The van der Waals surface area contributed by atoms with Crippen LogP contribution in [0.1, 0.15) is 49.5 Å². The van der Waals surface area contributed by atoms with Gasteiger partial charge in [0, 0.05) is 25.0 Å². The summed E-state index contributed by atoms with van der Waals surface area (Å²) in [6.45, 7) is 12.0. The number of aryl methyl sites for hydroxylation is 1. The van der Waals surface area contributed by atoms with Gasteiger partial charge in [0.1, 0.15) is 6.07 Å². The molecule has 0 spiro atoms. The van der Waals surface area contributed by atoms with E-state index >= 15 is 0 Å². The van der Waals surface area contributed by atoms with Crippen LogP contribution in [0.4, 0.5) is 5.88 Å². The molecule has 144 valence electrons. The fourth-order valence-electron chi connectivity index (χ4n) is 3.16. The molecule has 1 aromatic carbocycles. The van der Waals surface area contributed by atoms with Crippen LogP contribution in [0, 0.1) is 18.3 Å². The molecular formula is C21H28N4O2. The molecule has 0 amide bonds. The molecule has 1 aliphatic rings. The summed E-state index contributed by atoms with van der Waals surface area (Å²) < 4.78 is 11.4. The van der Waals surface area contributed by atoms with Gasteiger partial charge in [0.05, 0.1) is 19.3 Å². The van der Waals surface area contributed by atoms with Gasteiger partial charge in [-0.2, -0.15) is 10.2 Å². The third-order valence-corrected chi connectivity index (χ3v) is 4.78. The van der Waals surface area contributed by atoms with Crippen molar-refractivity contribution < 1.29 is 9.15 Å². The molecule has 1 saturated heterocycles. The highest BCUT2D eigenvalue weighted by molar-refractivity contribution is 5.46. The number of anilines is 1. The SMILES string of the molecule is Cc1ccc([C@H](CNc2oc(C(C)(C)C)nc2C#N)N2CCOCC2)cc1. The first-order valence-corrected chi connectivity index (χ1v) is 9.42. The van der Waals surface area contributed by atoms with Crippen LogP contribution in [0.25, 0.3) is 0 Å². The molecule has 1 aliphatic heterocycles. The van der Waals surface area contributed by atoms with Crippen LogP contribution < -0.4 is 5.32 Å². The summed E-state index contributed by atoms with van der Waals surface area (Å²) in [6.07, 6.45) is 0. The smallest absolute Gasteiger partial charge is 0.232 e. The van der Waals surface area contributed by atoms with Crippen molar-refractivity contribution in [2.75, 3.05) is 38.2 Å². The van der Waals surface area contributed by atoms with E-state index in [1.807, 2.05) is 20.8 Å². The number of nitrogens with zero attached hydrogens (tertiary/aromatic N) is 3. The Morgan fingerprint density at radius 3 is 2.48 bits per heavy atom. The molecule has 2 heterocycles. The molecule has 1 N–H and O–H groups in total. The summed E-state index contributed by atoms with van der Waals surface area (Å²) in [5, 5.41) is 12.8. The second kappa shape index (κ2) is 8.12. The largest absolute Gasteiger partial charge is 0.423 e. The van der Waals surface area contributed by atoms with E-state index in [2.05, 4.69) is 52.5 Å². The number of aromatic nitrogens is 1. The van der Waals surface area contributed by atoms with Gasteiger partial charge < -0.3 is 14.5 Å². The van der Waals surface area contributed by atoms with Crippen molar-refractivity contribution in [1.29, 1.82) is 5.26 Å². The molecule has 0 bridgehead atoms. The number of nitriles is 1. The number of oxazole rings is 1. The van der Waals surface area contributed by atoms with Crippen LogP contribution in [-0.4, -0.2) is 42.7 Å². The van der Waals surface area contributed by atoms with E-state index in [-0.39, 0.29) is 11.5 Å². The van der Waals surface area contributed by atoms with Crippen LogP contribution in [-0.2, 0) is 10.2 Å². The first-order valence-electron chi connectivity index (χ1n) is 9.42. The topological polar surface area (TPSA) is 74.3 Å². The lowest BCUT2D eigenvalue weighted by Gasteiger charge is -2.35. The highest BCUT2D eigenvalue weighted by Gasteiger charge is 2.26. The number of hydrogen-bond acceptors (Lipinski definition) is 6. The van der Waals surface area contributed by atoms with Crippen molar-refractivity contribution in [1.82, 2.24) is 9.88 Å². The molecule has 0 saturated carbocycles. The average Bonchev–Trinajstić information content (AvgIpc) is 3.08. The Hall–Kier alpha value is -2.36. The predicted octanol–water partition coefficient (Wildman–Crippen LogP) is 3.64. The maximum Gasteiger partial charge on any atom is 0.232 e. The normalized spacial score (nSPS) is 16.7. The first-order chi connectivity index (χ1) is 12.9. The third kappa shape index (κ3) is 4.68. The molecule has 0 unspecified atom stereocenters. The van der Waals surface area contributed by atoms with E-state index in [1.165, 1.54) is 11.1 Å². The molecule has 6 nitrogen and oxygen atoms in total. The second-order valence-electron chi connectivity index (χ2n) is 8.01. The molecule has 1 fully saturated rings. The summed E-state index contributed by atoms with van der Waals surface area (Å²) in [5.41, 5.74) is 2.55. The molecule has 3 rings (SSSR count). The first kappa shape index (κ1) is 19.4. The lowest BCUT2D eigenvalue weighted by atomic mass is 9.97. The maximum absolute atomic E-state index is 9.42. The molecule has 6 heteroatoms. The molecule has 0 radical (unpaired) electrons. The van der Waals surface area contributed by atoms with Crippen LogP contribution in [0.2, 0.25) is 0 Å². The van der Waals surface area contributed by atoms with Gasteiger partial charge in [-0.3, -0.25) is 4.90 Å².